The van der Waals surface area contributed by atoms with Crippen molar-refractivity contribution in [2.24, 2.45) is 0 Å². The molecule has 2 atom stereocenters. The van der Waals surface area contributed by atoms with Gasteiger partial charge in [0.2, 0.25) is 0 Å². The van der Waals surface area contributed by atoms with E-state index in [-0.39, 0.29) is 13.2 Å². The molecular weight excluding hydrogens is 239 g/mol. The third kappa shape index (κ3) is 8.82. The minimum atomic E-state index is -4.11. The van der Waals surface area contributed by atoms with Gasteiger partial charge in [0.05, 0.1) is 13.2 Å². The first-order valence-electron chi connectivity index (χ1n) is 4.80. The molecule has 0 saturated heterocycles. The van der Waals surface area contributed by atoms with E-state index in [0.29, 0.717) is 6.42 Å². The second-order valence-corrected chi connectivity index (χ2v) is 4.51. The second-order valence-electron chi connectivity index (χ2n) is 3.05. The number of rotatable bonds is 8. The van der Waals surface area contributed by atoms with E-state index in [2.05, 4.69) is 13.8 Å². The molecule has 0 aromatic rings. The molecule has 0 aliphatic heterocycles. The lowest BCUT2D eigenvalue weighted by Crippen LogP contribution is -2.22. The number of ether oxygens (including phenoxy) is 1. The van der Waals surface area contributed by atoms with Crippen LogP contribution in [0.1, 0.15) is 20.3 Å². The lowest BCUT2D eigenvalue weighted by Gasteiger charge is -2.14. The molecular formula is C8H17O7P. The molecule has 16 heavy (non-hydrogen) atoms. The molecule has 7 nitrogen and oxygen atoms in total. The van der Waals surface area contributed by atoms with Crippen molar-refractivity contribution in [1.29, 1.82) is 0 Å². The molecule has 8 heteroatoms. The van der Waals surface area contributed by atoms with Crippen LogP contribution in [-0.4, -0.2) is 41.9 Å². The summed E-state index contributed by atoms with van der Waals surface area (Å²) in [7, 11) is -4.11. The summed E-state index contributed by atoms with van der Waals surface area (Å²) in [6.07, 6.45) is -0.584. The molecule has 0 aliphatic carbocycles. The van der Waals surface area contributed by atoms with Crippen molar-refractivity contribution >= 4 is 13.8 Å². The van der Waals surface area contributed by atoms with Crippen LogP contribution in [0.4, 0.5) is 0 Å². The lowest BCUT2D eigenvalue weighted by atomic mass is 10.4. The molecule has 0 aromatic carbocycles. The summed E-state index contributed by atoms with van der Waals surface area (Å²) in [4.78, 5) is 19.5. The SMILES string of the molecule is CCCOP(=O)(O)OCC(O)COC(C)=O. The van der Waals surface area contributed by atoms with Gasteiger partial charge < -0.3 is 14.7 Å². The fourth-order valence-corrected chi connectivity index (χ4v) is 1.53. The van der Waals surface area contributed by atoms with Crippen molar-refractivity contribution < 1.29 is 33.1 Å². The molecule has 0 aliphatic rings. The maximum Gasteiger partial charge on any atom is 0.472 e. The van der Waals surface area contributed by atoms with E-state index in [1.165, 1.54) is 6.92 Å². The summed E-state index contributed by atoms with van der Waals surface area (Å²) in [6, 6.07) is 0. The first kappa shape index (κ1) is 15.5. The first-order chi connectivity index (χ1) is 7.37. The van der Waals surface area contributed by atoms with E-state index in [0.717, 1.165) is 0 Å². The van der Waals surface area contributed by atoms with Gasteiger partial charge in [0.15, 0.2) is 0 Å². The third-order valence-corrected chi connectivity index (χ3v) is 2.35. The maximum atomic E-state index is 11.1. The van der Waals surface area contributed by atoms with Crippen LogP contribution in [0, 0.1) is 0 Å². The van der Waals surface area contributed by atoms with Gasteiger partial charge in [-0.25, -0.2) is 4.57 Å². The number of esters is 1. The normalized spacial score (nSPS) is 16.5. The highest BCUT2D eigenvalue weighted by Crippen LogP contribution is 2.43. The van der Waals surface area contributed by atoms with Crippen molar-refractivity contribution in [2.75, 3.05) is 19.8 Å². The van der Waals surface area contributed by atoms with Gasteiger partial charge in [-0.2, -0.15) is 0 Å². The van der Waals surface area contributed by atoms with Crippen molar-refractivity contribution in [1.82, 2.24) is 0 Å². The van der Waals surface area contributed by atoms with E-state index in [9.17, 15) is 14.5 Å². The van der Waals surface area contributed by atoms with Crippen molar-refractivity contribution in [3.63, 3.8) is 0 Å². The molecule has 0 heterocycles. The molecule has 0 fully saturated rings. The highest BCUT2D eigenvalue weighted by Gasteiger charge is 2.22. The molecule has 0 amide bonds. The van der Waals surface area contributed by atoms with Gasteiger partial charge in [-0.1, -0.05) is 6.92 Å². The number of aliphatic hydroxyl groups is 1. The Morgan fingerprint density at radius 2 is 2.00 bits per heavy atom. The number of phosphoric ester groups is 1. The van der Waals surface area contributed by atoms with E-state index in [1.807, 2.05) is 0 Å². The molecule has 0 saturated carbocycles. The van der Waals surface area contributed by atoms with Gasteiger partial charge in [-0.3, -0.25) is 13.8 Å². The monoisotopic (exact) mass is 256 g/mol. The molecule has 0 spiro atoms. The van der Waals surface area contributed by atoms with Gasteiger partial charge in [-0.15, -0.1) is 0 Å². The van der Waals surface area contributed by atoms with Crippen LogP contribution in [0.25, 0.3) is 0 Å². The molecule has 2 unspecified atom stereocenters. The Labute approximate surface area is 93.9 Å². The van der Waals surface area contributed by atoms with Crippen molar-refractivity contribution in [3.8, 4) is 0 Å². The molecule has 2 N–H and O–H groups in total. The number of hydrogen-bond donors (Lipinski definition) is 2. The first-order valence-corrected chi connectivity index (χ1v) is 6.30. The third-order valence-electron chi connectivity index (χ3n) is 1.37. The van der Waals surface area contributed by atoms with E-state index >= 15 is 0 Å². The smallest absolute Gasteiger partial charge is 0.463 e. The van der Waals surface area contributed by atoms with Gasteiger partial charge in [0, 0.05) is 6.92 Å². The van der Waals surface area contributed by atoms with Crippen molar-refractivity contribution in [3.05, 3.63) is 0 Å². The zero-order valence-electron chi connectivity index (χ0n) is 9.29. The Kier molecular flexibility index (Phi) is 7.53. The quantitative estimate of drug-likeness (QED) is 0.480. The molecule has 0 radical (unpaired) electrons. The standard InChI is InChI=1S/C8H17O7P/c1-3-4-14-16(11,12)15-6-8(10)5-13-7(2)9/h8,10H,3-6H2,1-2H3,(H,11,12). The predicted molar refractivity (Wildman–Crippen MR) is 54.7 cm³/mol. The van der Waals surface area contributed by atoms with Gasteiger partial charge in [-0.05, 0) is 6.42 Å². The summed E-state index contributed by atoms with van der Waals surface area (Å²) < 4.78 is 24.6. The second kappa shape index (κ2) is 7.76. The Bertz CT molecular complexity index is 255. The molecule has 0 rings (SSSR count). The summed E-state index contributed by atoms with van der Waals surface area (Å²) in [5.74, 6) is -0.548. The molecule has 96 valence electrons. The van der Waals surface area contributed by atoms with Crippen LogP contribution in [-0.2, 0) is 23.1 Å². The zero-order chi connectivity index (χ0) is 12.6. The lowest BCUT2D eigenvalue weighted by molar-refractivity contribution is -0.144. The van der Waals surface area contributed by atoms with Crippen molar-refractivity contribution in [2.45, 2.75) is 26.4 Å². The van der Waals surface area contributed by atoms with Gasteiger partial charge in [0.1, 0.15) is 12.7 Å². The van der Waals surface area contributed by atoms with Crippen LogP contribution in [0.5, 0.6) is 0 Å². The summed E-state index contributed by atoms with van der Waals surface area (Å²) >= 11 is 0. The fourth-order valence-electron chi connectivity index (χ4n) is 0.686. The Morgan fingerprint density at radius 1 is 1.38 bits per heavy atom. The maximum absolute atomic E-state index is 11.1. The molecule has 0 bridgehead atoms. The number of hydrogen-bond acceptors (Lipinski definition) is 6. The average molecular weight is 256 g/mol. The van der Waals surface area contributed by atoms with Gasteiger partial charge in [0.25, 0.3) is 0 Å². The Morgan fingerprint density at radius 3 is 2.50 bits per heavy atom. The van der Waals surface area contributed by atoms with E-state index < -0.39 is 26.5 Å². The average Bonchev–Trinajstić information content (AvgIpc) is 2.21. The predicted octanol–water partition coefficient (Wildman–Crippen LogP) is 0.454. The van der Waals surface area contributed by atoms with Crippen LogP contribution in [0.2, 0.25) is 0 Å². The Hall–Kier alpha value is -0.460. The number of aliphatic hydroxyl groups excluding tert-OH is 1. The van der Waals surface area contributed by atoms with Crippen LogP contribution in [0.3, 0.4) is 0 Å². The highest BCUT2D eigenvalue weighted by atomic mass is 31.2. The van der Waals surface area contributed by atoms with Crippen LogP contribution >= 0.6 is 7.82 Å². The number of phosphoric acid groups is 1. The van der Waals surface area contributed by atoms with Gasteiger partial charge >= 0.3 is 13.8 Å². The zero-order valence-corrected chi connectivity index (χ0v) is 10.2. The minimum absolute atomic E-state index is 0.0911. The fraction of sp³-hybridized carbons (Fsp3) is 0.875. The Balaban J connectivity index is 3.76. The summed E-state index contributed by atoms with van der Waals surface area (Å²) in [6.45, 7) is 2.33. The highest BCUT2D eigenvalue weighted by molar-refractivity contribution is 7.47. The number of carbonyl (C=O) groups is 1. The van der Waals surface area contributed by atoms with E-state index in [1.54, 1.807) is 6.92 Å². The van der Waals surface area contributed by atoms with E-state index in [4.69, 9.17) is 4.89 Å². The minimum Gasteiger partial charge on any atom is -0.463 e. The number of carbonyl (C=O) groups excluding carboxylic acids is 1. The summed E-state index contributed by atoms with van der Waals surface area (Å²) in [5, 5.41) is 9.20. The largest absolute Gasteiger partial charge is 0.472 e. The van der Waals surface area contributed by atoms with Crippen LogP contribution < -0.4 is 0 Å². The summed E-state index contributed by atoms with van der Waals surface area (Å²) in [5.41, 5.74) is 0. The van der Waals surface area contributed by atoms with Crippen LogP contribution in [0.15, 0.2) is 0 Å². The topological polar surface area (TPSA) is 102 Å². The molecule has 0 aromatic heterocycles.